The van der Waals surface area contributed by atoms with E-state index in [9.17, 15) is 17.9 Å². The first-order valence-corrected chi connectivity index (χ1v) is 9.96. The summed E-state index contributed by atoms with van der Waals surface area (Å²) in [5, 5.41) is 13.7. The van der Waals surface area contributed by atoms with Crippen LogP contribution in [0, 0.1) is 5.82 Å². The molecule has 0 aliphatic carbocycles. The van der Waals surface area contributed by atoms with E-state index in [1.807, 2.05) is 0 Å². The Morgan fingerprint density at radius 2 is 1.96 bits per heavy atom. The second-order valence-corrected chi connectivity index (χ2v) is 8.55. The molecule has 26 heavy (non-hydrogen) atoms. The van der Waals surface area contributed by atoms with Crippen LogP contribution in [0.1, 0.15) is 6.42 Å². The highest BCUT2D eigenvalue weighted by atomic mass is 32.2. The quantitative estimate of drug-likeness (QED) is 0.733. The molecule has 1 aliphatic rings. The molecule has 2 N–H and O–H groups in total. The van der Waals surface area contributed by atoms with Crippen molar-refractivity contribution < 1.29 is 17.9 Å². The first-order valence-electron chi connectivity index (χ1n) is 8.14. The number of phenolic OH excluding ortho intramolecular Hbond substituents is 1. The first-order chi connectivity index (χ1) is 12.4. The molecule has 1 saturated heterocycles. The monoisotopic (exact) mass is 373 g/mol. The van der Waals surface area contributed by atoms with Crippen LogP contribution in [0.15, 0.2) is 42.5 Å². The molecule has 134 valence electrons. The molecule has 0 saturated carbocycles. The highest BCUT2D eigenvalue weighted by Gasteiger charge is 2.28. The van der Waals surface area contributed by atoms with Gasteiger partial charge in [-0.1, -0.05) is 12.1 Å². The second-order valence-electron chi connectivity index (χ2n) is 6.32. The predicted molar refractivity (Wildman–Crippen MR) is 97.3 cm³/mol. The summed E-state index contributed by atoms with van der Waals surface area (Å²) < 4.78 is 37.2. The average Bonchev–Trinajstić information content (AvgIpc) is 2.94. The standard InChI is InChI=1S/C18H16FN3O3S/c19-11-5-6-15-14(9-11)18(20-12-7-8-26(24,25)10-12)22-17(21-15)13-3-1-2-4-16(13)23/h1-6,9,12,23H,7-8,10H2,(H,20,21,22). The fraction of sp³-hybridized carbons (Fsp3) is 0.222. The average molecular weight is 373 g/mol. The zero-order chi connectivity index (χ0) is 18.3. The van der Waals surface area contributed by atoms with E-state index in [0.29, 0.717) is 28.7 Å². The number of nitrogens with zero attached hydrogens (tertiary/aromatic N) is 2. The van der Waals surface area contributed by atoms with Gasteiger partial charge in [-0.05, 0) is 36.8 Å². The van der Waals surface area contributed by atoms with Crippen LogP contribution in [0.4, 0.5) is 10.2 Å². The molecule has 1 aromatic heterocycles. The van der Waals surface area contributed by atoms with Gasteiger partial charge >= 0.3 is 0 Å². The van der Waals surface area contributed by atoms with Gasteiger partial charge in [-0.25, -0.2) is 22.8 Å². The van der Waals surface area contributed by atoms with E-state index in [1.54, 1.807) is 18.2 Å². The van der Waals surface area contributed by atoms with Crippen LogP contribution in [0.2, 0.25) is 0 Å². The summed E-state index contributed by atoms with van der Waals surface area (Å²) >= 11 is 0. The summed E-state index contributed by atoms with van der Waals surface area (Å²) in [5.41, 5.74) is 0.948. The summed E-state index contributed by atoms with van der Waals surface area (Å²) in [7, 11) is -3.07. The zero-order valence-corrected chi connectivity index (χ0v) is 14.5. The summed E-state index contributed by atoms with van der Waals surface area (Å²) in [6.45, 7) is 0. The highest BCUT2D eigenvalue weighted by molar-refractivity contribution is 7.91. The van der Waals surface area contributed by atoms with Gasteiger partial charge in [0.25, 0.3) is 0 Å². The van der Waals surface area contributed by atoms with Crippen LogP contribution in [0.5, 0.6) is 5.75 Å². The number of hydrogen-bond acceptors (Lipinski definition) is 6. The largest absolute Gasteiger partial charge is 0.507 e. The molecular formula is C18H16FN3O3S. The molecule has 0 spiro atoms. The van der Waals surface area contributed by atoms with Crippen molar-refractivity contribution in [2.24, 2.45) is 0 Å². The summed E-state index contributed by atoms with van der Waals surface area (Å²) in [6, 6.07) is 10.5. The lowest BCUT2D eigenvalue weighted by atomic mass is 10.1. The zero-order valence-electron chi connectivity index (χ0n) is 13.7. The molecule has 0 radical (unpaired) electrons. The van der Waals surface area contributed by atoms with Crippen molar-refractivity contribution in [3.63, 3.8) is 0 Å². The molecule has 1 aliphatic heterocycles. The highest BCUT2D eigenvalue weighted by Crippen LogP contribution is 2.31. The van der Waals surface area contributed by atoms with E-state index in [1.165, 1.54) is 24.3 Å². The number of halogens is 1. The summed E-state index contributed by atoms with van der Waals surface area (Å²) in [5.74, 6) is 0.371. The van der Waals surface area contributed by atoms with E-state index in [0.717, 1.165) is 0 Å². The van der Waals surface area contributed by atoms with Crippen molar-refractivity contribution in [1.82, 2.24) is 9.97 Å². The smallest absolute Gasteiger partial charge is 0.165 e. The Balaban J connectivity index is 1.84. The van der Waals surface area contributed by atoms with Crippen molar-refractivity contribution >= 4 is 26.6 Å². The van der Waals surface area contributed by atoms with Gasteiger partial charge in [0, 0.05) is 11.4 Å². The molecule has 1 unspecified atom stereocenters. The van der Waals surface area contributed by atoms with Crippen LogP contribution in [0.25, 0.3) is 22.3 Å². The van der Waals surface area contributed by atoms with Crippen LogP contribution < -0.4 is 5.32 Å². The minimum atomic E-state index is -3.07. The minimum absolute atomic E-state index is 0.0136. The lowest BCUT2D eigenvalue weighted by Crippen LogP contribution is -2.21. The lowest BCUT2D eigenvalue weighted by molar-refractivity contribution is 0.477. The third-order valence-corrected chi connectivity index (χ3v) is 6.14. The first kappa shape index (κ1) is 16.7. The number of rotatable bonds is 3. The molecule has 0 bridgehead atoms. The van der Waals surface area contributed by atoms with Crippen molar-refractivity contribution in [1.29, 1.82) is 0 Å². The number of benzene rings is 2. The number of para-hydroxylation sites is 1. The normalized spacial score (nSPS) is 18.9. The molecule has 2 heterocycles. The van der Waals surface area contributed by atoms with Crippen molar-refractivity contribution in [3.8, 4) is 17.1 Å². The molecular weight excluding hydrogens is 357 g/mol. The van der Waals surface area contributed by atoms with Gasteiger partial charge in [-0.2, -0.15) is 0 Å². The Bertz CT molecular complexity index is 1100. The SMILES string of the molecule is O=S1(=O)CCC(Nc2nc(-c3ccccc3O)nc3ccc(F)cc23)C1. The topological polar surface area (TPSA) is 92.2 Å². The summed E-state index contributed by atoms with van der Waals surface area (Å²) in [6.07, 6.45) is 0.467. The van der Waals surface area contributed by atoms with E-state index in [2.05, 4.69) is 15.3 Å². The van der Waals surface area contributed by atoms with E-state index in [-0.39, 0.29) is 29.1 Å². The number of nitrogens with one attached hydrogen (secondary N) is 1. The van der Waals surface area contributed by atoms with Gasteiger partial charge in [-0.15, -0.1) is 0 Å². The Morgan fingerprint density at radius 1 is 1.15 bits per heavy atom. The number of hydrogen-bond donors (Lipinski definition) is 2. The van der Waals surface area contributed by atoms with Crippen molar-refractivity contribution in [3.05, 3.63) is 48.3 Å². The second kappa shape index (κ2) is 6.21. The maximum absolute atomic E-state index is 13.7. The lowest BCUT2D eigenvalue weighted by Gasteiger charge is -2.15. The molecule has 1 atom stereocenters. The van der Waals surface area contributed by atoms with Gasteiger partial charge in [-0.3, -0.25) is 0 Å². The summed E-state index contributed by atoms with van der Waals surface area (Å²) in [4.78, 5) is 8.86. The van der Waals surface area contributed by atoms with Gasteiger partial charge in [0.05, 0.1) is 22.6 Å². The van der Waals surface area contributed by atoms with Gasteiger partial charge in [0.2, 0.25) is 0 Å². The van der Waals surface area contributed by atoms with Crippen LogP contribution in [-0.2, 0) is 9.84 Å². The fourth-order valence-corrected chi connectivity index (χ4v) is 4.77. The van der Waals surface area contributed by atoms with E-state index in [4.69, 9.17) is 0 Å². The number of sulfone groups is 1. The Labute approximate surface area is 149 Å². The predicted octanol–water partition coefficient (Wildman–Crippen LogP) is 2.74. The van der Waals surface area contributed by atoms with Crippen LogP contribution in [-0.4, -0.2) is 41.0 Å². The maximum atomic E-state index is 13.7. The van der Waals surface area contributed by atoms with Crippen LogP contribution in [0.3, 0.4) is 0 Å². The number of anilines is 1. The molecule has 4 rings (SSSR count). The molecule has 1 fully saturated rings. The number of aromatic nitrogens is 2. The van der Waals surface area contributed by atoms with Gasteiger partial charge in [0.1, 0.15) is 17.4 Å². The fourth-order valence-electron chi connectivity index (χ4n) is 3.10. The third kappa shape index (κ3) is 3.20. The Kier molecular flexibility index (Phi) is 3.99. The number of phenols is 1. The molecule has 6 nitrogen and oxygen atoms in total. The maximum Gasteiger partial charge on any atom is 0.165 e. The molecule has 0 amide bonds. The third-order valence-electron chi connectivity index (χ3n) is 4.38. The van der Waals surface area contributed by atoms with Gasteiger partial charge in [0.15, 0.2) is 15.7 Å². The van der Waals surface area contributed by atoms with Crippen molar-refractivity contribution in [2.75, 3.05) is 16.8 Å². The number of aromatic hydroxyl groups is 1. The van der Waals surface area contributed by atoms with E-state index >= 15 is 0 Å². The van der Waals surface area contributed by atoms with Crippen molar-refractivity contribution in [2.45, 2.75) is 12.5 Å². The number of fused-ring (bicyclic) bond motifs is 1. The van der Waals surface area contributed by atoms with E-state index < -0.39 is 15.7 Å². The molecule has 8 heteroatoms. The molecule has 2 aromatic carbocycles. The molecule has 3 aromatic rings. The Morgan fingerprint density at radius 3 is 2.69 bits per heavy atom. The van der Waals surface area contributed by atoms with Gasteiger partial charge < -0.3 is 10.4 Å². The Hall–Kier alpha value is -2.74. The van der Waals surface area contributed by atoms with Crippen LogP contribution >= 0.6 is 0 Å². The minimum Gasteiger partial charge on any atom is -0.507 e.